The summed E-state index contributed by atoms with van der Waals surface area (Å²) in [7, 11) is 1.78. The van der Waals surface area contributed by atoms with Gasteiger partial charge in [-0.3, -0.25) is 0 Å². The molecule has 0 aliphatic rings. The molecule has 0 spiro atoms. The first-order valence-electron chi connectivity index (χ1n) is 4.71. The third-order valence-corrected chi connectivity index (χ3v) is 2.05. The van der Waals surface area contributed by atoms with E-state index in [-0.39, 0.29) is 0 Å². The molecule has 0 aliphatic carbocycles. The van der Waals surface area contributed by atoms with Crippen LogP contribution in [0.1, 0.15) is 5.69 Å². The summed E-state index contributed by atoms with van der Waals surface area (Å²) in [6.07, 6.45) is 1.46. The molecule has 0 aliphatic heterocycles. The van der Waals surface area contributed by atoms with Crippen molar-refractivity contribution in [3.63, 3.8) is 0 Å². The van der Waals surface area contributed by atoms with Crippen molar-refractivity contribution >= 4 is 5.82 Å². The first-order valence-corrected chi connectivity index (χ1v) is 4.71. The van der Waals surface area contributed by atoms with Crippen molar-refractivity contribution in [3.05, 3.63) is 36.3 Å². The molecule has 1 N–H and O–H groups in total. The summed E-state index contributed by atoms with van der Waals surface area (Å²) in [5.41, 5.74) is 1.73. The van der Waals surface area contributed by atoms with Gasteiger partial charge in [0.15, 0.2) is 0 Å². The second-order valence-corrected chi connectivity index (χ2v) is 3.06. The number of nitriles is 1. The van der Waals surface area contributed by atoms with E-state index in [1.807, 2.05) is 12.1 Å². The minimum absolute atomic E-state index is 0.377. The third kappa shape index (κ3) is 1.96. The van der Waals surface area contributed by atoms with Crippen LogP contribution in [0.25, 0.3) is 11.4 Å². The number of anilines is 1. The van der Waals surface area contributed by atoms with Crippen LogP contribution >= 0.6 is 0 Å². The number of aromatic nitrogens is 3. The first-order chi connectivity index (χ1) is 7.83. The predicted octanol–water partition coefficient (Wildman–Crippen LogP) is 1.45. The van der Waals surface area contributed by atoms with Crippen LogP contribution < -0.4 is 5.32 Å². The van der Waals surface area contributed by atoms with Gasteiger partial charge in [-0.1, -0.05) is 6.07 Å². The summed E-state index contributed by atoms with van der Waals surface area (Å²) in [5, 5.41) is 11.7. The van der Waals surface area contributed by atoms with E-state index in [1.54, 1.807) is 25.2 Å². The standard InChI is InChI=1S/C11H9N5/c1-13-11-5-10(14-7-15-11)9-4-2-3-8(6-12)16-9/h2-5,7H,1H3,(H,13,14,15). The van der Waals surface area contributed by atoms with Gasteiger partial charge in [-0.2, -0.15) is 5.26 Å². The first kappa shape index (κ1) is 10.1. The fourth-order valence-corrected chi connectivity index (χ4v) is 1.27. The van der Waals surface area contributed by atoms with Crippen molar-refractivity contribution in [2.45, 2.75) is 0 Å². The van der Waals surface area contributed by atoms with E-state index in [0.29, 0.717) is 22.9 Å². The fraction of sp³-hybridized carbons (Fsp3) is 0.0909. The Hall–Kier alpha value is -2.48. The van der Waals surface area contributed by atoms with Crippen LogP contribution in [0, 0.1) is 11.3 Å². The minimum atomic E-state index is 0.377. The van der Waals surface area contributed by atoms with Crippen molar-refractivity contribution in [1.29, 1.82) is 5.26 Å². The zero-order valence-corrected chi connectivity index (χ0v) is 8.68. The molecule has 0 saturated carbocycles. The second-order valence-electron chi connectivity index (χ2n) is 3.06. The number of nitrogens with one attached hydrogen (secondary N) is 1. The van der Waals surface area contributed by atoms with Crippen LogP contribution in [-0.2, 0) is 0 Å². The van der Waals surface area contributed by atoms with Crippen LogP contribution in [0.4, 0.5) is 5.82 Å². The highest BCUT2D eigenvalue weighted by atomic mass is 15.0. The van der Waals surface area contributed by atoms with Crippen LogP contribution in [0.5, 0.6) is 0 Å². The maximum atomic E-state index is 8.75. The Morgan fingerprint density at radius 1 is 1.25 bits per heavy atom. The Bertz CT molecular complexity index is 544. The van der Waals surface area contributed by atoms with Gasteiger partial charge in [-0.15, -0.1) is 0 Å². The zero-order chi connectivity index (χ0) is 11.4. The maximum Gasteiger partial charge on any atom is 0.141 e. The van der Waals surface area contributed by atoms with Crippen molar-refractivity contribution in [1.82, 2.24) is 15.0 Å². The summed E-state index contributed by atoms with van der Waals surface area (Å²) in [6.45, 7) is 0. The molecule has 0 atom stereocenters. The van der Waals surface area contributed by atoms with Gasteiger partial charge in [0.05, 0.1) is 11.4 Å². The highest BCUT2D eigenvalue weighted by molar-refractivity contribution is 5.58. The number of rotatable bonds is 2. The molecule has 2 rings (SSSR count). The molecule has 5 nitrogen and oxygen atoms in total. The Morgan fingerprint density at radius 3 is 2.88 bits per heavy atom. The molecule has 16 heavy (non-hydrogen) atoms. The van der Waals surface area contributed by atoms with Gasteiger partial charge >= 0.3 is 0 Å². The monoisotopic (exact) mass is 211 g/mol. The van der Waals surface area contributed by atoms with Gasteiger partial charge in [0.1, 0.15) is 23.9 Å². The lowest BCUT2D eigenvalue weighted by Gasteiger charge is -2.02. The normalized spacial score (nSPS) is 9.50. The molecule has 0 fully saturated rings. The molecule has 0 unspecified atom stereocenters. The molecule has 0 aromatic carbocycles. The number of nitrogens with zero attached hydrogens (tertiary/aromatic N) is 4. The van der Waals surface area contributed by atoms with Gasteiger partial charge in [-0.05, 0) is 12.1 Å². The van der Waals surface area contributed by atoms with Crippen LogP contribution in [-0.4, -0.2) is 22.0 Å². The maximum absolute atomic E-state index is 8.75. The Balaban J connectivity index is 2.46. The Kier molecular flexibility index (Phi) is 2.74. The van der Waals surface area contributed by atoms with Crippen molar-refractivity contribution in [2.75, 3.05) is 12.4 Å². The largest absolute Gasteiger partial charge is 0.373 e. The Morgan fingerprint density at radius 2 is 2.12 bits per heavy atom. The molecule has 0 saturated heterocycles. The minimum Gasteiger partial charge on any atom is -0.373 e. The molecule has 0 bridgehead atoms. The lowest BCUT2D eigenvalue weighted by molar-refractivity contribution is 1.14. The lowest BCUT2D eigenvalue weighted by atomic mass is 10.2. The van der Waals surface area contributed by atoms with Crippen LogP contribution in [0.2, 0.25) is 0 Å². The molecule has 0 radical (unpaired) electrons. The summed E-state index contributed by atoms with van der Waals surface area (Å²) < 4.78 is 0. The van der Waals surface area contributed by atoms with E-state index in [2.05, 4.69) is 20.3 Å². The van der Waals surface area contributed by atoms with Crippen LogP contribution in [0.3, 0.4) is 0 Å². The van der Waals surface area contributed by atoms with E-state index in [9.17, 15) is 0 Å². The molecule has 78 valence electrons. The summed E-state index contributed by atoms with van der Waals surface area (Å²) in [5.74, 6) is 0.717. The van der Waals surface area contributed by atoms with Gasteiger partial charge in [0.2, 0.25) is 0 Å². The highest BCUT2D eigenvalue weighted by Crippen LogP contribution is 2.16. The predicted molar refractivity (Wildman–Crippen MR) is 59.5 cm³/mol. The van der Waals surface area contributed by atoms with E-state index < -0.39 is 0 Å². The van der Waals surface area contributed by atoms with Gasteiger partial charge < -0.3 is 5.32 Å². The van der Waals surface area contributed by atoms with Crippen molar-refractivity contribution < 1.29 is 0 Å². The smallest absolute Gasteiger partial charge is 0.141 e. The van der Waals surface area contributed by atoms with Crippen molar-refractivity contribution in [3.8, 4) is 17.5 Å². The molecule has 5 heteroatoms. The van der Waals surface area contributed by atoms with Crippen LogP contribution in [0.15, 0.2) is 30.6 Å². The number of pyridine rings is 1. The molecular weight excluding hydrogens is 202 g/mol. The number of hydrogen-bond donors (Lipinski definition) is 1. The van der Waals surface area contributed by atoms with Gasteiger partial charge in [0.25, 0.3) is 0 Å². The van der Waals surface area contributed by atoms with E-state index in [0.717, 1.165) is 0 Å². The van der Waals surface area contributed by atoms with E-state index in [4.69, 9.17) is 5.26 Å². The third-order valence-electron chi connectivity index (χ3n) is 2.05. The van der Waals surface area contributed by atoms with Gasteiger partial charge in [-0.25, -0.2) is 15.0 Å². The molecule has 2 heterocycles. The second kappa shape index (κ2) is 4.36. The van der Waals surface area contributed by atoms with Crippen molar-refractivity contribution in [2.24, 2.45) is 0 Å². The lowest BCUT2D eigenvalue weighted by Crippen LogP contribution is -1.95. The summed E-state index contributed by atoms with van der Waals surface area (Å²) in [6, 6.07) is 9.02. The quantitative estimate of drug-likeness (QED) is 0.813. The average Bonchev–Trinajstić information content (AvgIpc) is 2.39. The Labute approximate surface area is 92.8 Å². The molecule has 2 aromatic rings. The summed E-state index contributed by atoms with van der Waals surface area (Å²) in [4.78, 5) is 12.3. The fourth-order valence-electron chi connectivity index (χ4n) is 1.27. The summed E-state index contributed by atoms with van der Waals surface area (Å²) >= 11 is 0. The number of hydrogen-bond acceptors (Lipinski definition) is 5. The topological polar surface area (TPSA) is 74.5 Å². The van der Waals surface area contributed by atoms with Gasteiger partial charge in [0, 0.05) is 13.1 Å². The SMILES string of the molecule is CNc1cc(-c2cccc(C#N)n2)ncn1. The average molecular weight is 211 g/mol. The van der Waals surface area contributed by atoms with E-state index >= 15 is 0 Å². The van der Waals surface area contributed by atoms with E-state index in [1.165, 1.54) is 6.33 Å². The molecule has 0 amide bonds. The zero-order valence-electron chi connectivity index (χ0n) is 8.68. The molecular formula is C11H9N5. The molecule has 2 aromatic heterocycles. The highest BCUT2D eigenvalue weighted by Gasteiger charge is 2.03.